The third-order valence-electron chi connectivity index (χ3n) is 3.18. The molecule has 1 heterocycles. The van der Waals surface area contributed by atoms with E-state index in [1.165, 1.54) is 0 Å². The first-order valence-electron chi connectivity index (χ1n) is 5.99. The van der Waals surface area contributed by atoms with E-state index in [4.69, 9.17) is 9.84 Å². The molecule has 20 heavy (non-hydrogen) atoms. The summed E-state index contributed by atoms with van der Waals surface area (Å²) in [6.45, 7) is 0.109. The highest BCUT2D eigenvalue weighted by Crippen LogP contribution is 2.19. The van der Waals surface area contributed by atoms with Crippen LogP contribution >= 0.6 is 0 Å². The topological polar surface area (TPSA) is 75.6 Å². The average Bonchev–Trinajstić information content (AvgIpc) is 2.82. The molecule has 1 atom stereocenters. The zero-order chi connectivity index (χ0) is 14.8. The molecular formula is C13H13F2NO4. The Labute approximate surface area is 113 Å². The third-order valence-corrected chi connectivity index (χ3v) is 3.18. The average molecular weight is 285 g/mol. The predicted octanol–water partition coefficient (Wildman–Crippen LogP) is 0.867. The van der Waals surface area contributed by atoms with Crippen molar-refractivity contribution >= 4 is 11.9 Å². The van der Waals surface area contributed by atoms with Gasteiger partial charge in [-0.3, -0.25) is 4.79 Å². The molecule has 2 rings (SSSR count). The Hall–Kier alpha value is -2.02. The van der Waals surface area contributed by atoms with Crippen molar-refractivity contribution in [1.29, 1.82) is 0 Å². The Morgan fingerprint density at radius 2 is 2.15 bits per heavy atom. The molecule has 0 radical (unpaired) electrons. The van der Waals surface area contributed by atoms with E-state index >= 15 is 0 Å². The molecule has 1 amide bonds. The highest BCUT2D eigenvalue weighted by Gasteiger charge is 2.43. The lowest BCUT2D eigenvalue weighted by Gasteiger charge is -2.23. The molecule has 108 valence electrons. The Morgan fingerprint density at radius 1 is 1.40 bits per heavy atom. The fourth-order valence-corrected chi connectivity index (χ4v) is 2.03. The number of aliphatic carboxylic acids is 1. The number of amides is 1. The SMILES string of the molecule is O=C(Cc1ccc(F)cc1F)NC1(C(=O)O)CCOC1. The maximum Gasteiger partial charge on any atom is 0.331 e. The molecule has 1 aliphatic rings. The van der Waals surface area contributed by atoms with Gasteiger partial charge in [0.2, 0.25) is 5.91 Å². The fourth-order valence-electron chi connectivity index (χ4n) is 2.03. The van der Waals surface area contributed by atoms with Crippen molar-refractivity contribution in [2.24, 2.45) is 0 Å². The van der Waals surface area contributed by atoms with Gasteiger partial charge in [-0.1, -0.05) is 6.07 Å². The molecule has 2 N–H and O–H groups in total. The maximum atomic E-state index is 13.4. The molecule has 1 saturated heterocycles. The highest BCUT2D eigenvalue weighted by atomic mass is 19.1. The molecule has 1 unspecified atom stereocenters. The van der Waals surface area contributed by atoms with Crippen molar-refractivity contribution in [2.75, 3.05) is 13.2 Å². The predicted molar refractivity (Wildman–Crippen MR) is 64.0 cm³/mol. The molecule has 0 spiro atoms. The fraction of sp³-hybridized carbons (Fsp3) is 0.385. The number of benzene rings is 1. The number of hydrogen-bond acceptors (Lipinski definition) is 3. The Kier molecular flexibility index (Phi) is 3.99. The van der Waals surface area contributed by atoms with Crippen molar-refractivity contribution in [3.05, 3.63) is 35.4 Å². The lowest BCUT2D eigenvalue weighted by atomic mass is 9.98. The number of carboxylic acids is 1. The number of nitrogens with one attached hydrogen (secondary N) is 1. The number of ether oxygens (including phenoxy) is 1. The summed E-state index contributed by atoms with van der Waals surface area (Å²) in [7, 11) is 0. The van der Waals surface area contributed by atoms with Crippen LogP contribution in [0.15, 0.2) is 18.2 Å². The molecule has 5 nitrogen and oxygen atoms in total. The van der Waals surface area contributed by atoms with Gasteiger partial charge < -0.3 is 15.2 Å². The van der Waals surface area contributed by atoms with Crippen LogP contribution in [0.2, 0.25) is 0 Å². The standard InChI is InChI=1S/C13H13F2NO4/c14-9-2-1-8(10(15)6-9)5-11(17)16-13(12(18)19)3-4-20-7-13/h1-2,6H,3-5,7H2,(H,16,17)(H,18,19). The second-order valence-corrected chi connectivity index (χ2v) is 4.65. The third kappa shape index (κ3) is 2.93. The molecular weight excluding hydrogens is 272 g/mol. The van der Waals surface area contributed by atoms with Gasteiger partial charge in [-0.15, -0.1) is 0 Å². The minimum absolute atomic E-state index is 0.00311. The van der Waals surface area contributed by atoms with Gasteiger partial charge in [-0.05, 0) is 11.6 Å². The molecule has 0 aromatic heterocycles. The summed E-state index contributed by atoms with van der Waals surface area (Å²) in [5, 5.41) is 11.5. The Balaban J connectivity index is 2.07. The normalized spacial score (nSPS) is 21.7. The van der Waals surface area contributed by atoms with E-state index in [1.54, 1.807) is 0 Å². The summed E-state index contributed by atoms with van der Waals surface area (Å²) in [6.07, 6.45) is -0.207. The molecule has 1 fully saturated rings. The number of carbonyl (C=O) groups excluding carboxylic acids is 1. The van der Waals surface area contributed by atoms with Gasteiger partial charge in [0.05, 0.1) is 13.0 Å². The van der Waals surface area contributed by atoms with E-state index in [0.29, 0.717) is 6.07 Å². The number of carbonyl (C=O) groups is 2. The molecule has 1 aliphatic heterocycles. The molecule has 1 aromatic carbocycles. The van der Waals surface area contributed by atoms with E-state index in [0.717, 1.165) is 12.1 Å². The van der Waals surface area contributed by atoms with Crippen molar-refractivity contribution < 1.29 is 28.2 Å². The summed E-state index contributed by atoms with van der Waals surface area (Å²) in [5.41, 5.74) is -1.46. The summed E-state index contributed by atoms with van der Waals surface area (Å²) < 4.78 is 31.2. The second-order valence-electron chi connectivity index (χ2n) is 4.65. The lowest BCUT2D eigenvalue weighted by Crippen LogP contribution is -2.55. The van der Waals surface area contributed by atoms with Crippen LogP contribution in [0.4, 0.5) is 8.78 Å². The lowest BCUT2D eigenvalue weighted by molar-refractivity contribution is -0.147. The zero-order valence-electron chi connectivity index (χ0n) is 10.5. The summed E-state index contributed by atoms with van der Waals surface area (Å²) in [4.78, 5) is 23.0. The number of halogens is 2. The van der Waals surface area contributed by atoms with Crippen LogP contribution in [-0.2, 0) is 20.7 Å². The summed E-state index contributed by atoms with van der Waals surface area (Å²) in [5.74, 6) is -3.42. The van der Waals surface area contributed by atoms with Crippen LogP contribution < -0.4 is 5.32 Å². The van der Waals surface area contributed by atoms with Crippen molar-refractivity contribution in [1.82, 2.24) is 5.32 Å². The van der Waals surface area contributed by atoms with Crippen LogP contribution in [0, 0.1) is 11.6 Å². The van der Waals surface area contributed by atoms with E-state index < -0.39 is 29.0 Å². The number of carboxylic acid groups (broad SMARTS) is 1. The first kappa shape index (κ1) is 14.4. The van der Waals surface area contributed by atoms with Gasteiger partial charge in [-0.25, -0.2) is 13.6 Å². The molecule has 1 aromatic rings. The molecule has 0 bridgehead atoms. The van der Waals surface area contributed by atoms with Crippen LogP contribution in [0.25, 0.3) is 0 Å². The Bertz CT molecular complexity index is 541. The highest BCUT2D eigenvalue weighted by molar-refractivity contribution is 5.88. The minimum Gasteiger partial charge on any atom is -0.479 e. The van der Waals surface area contributed by atoms with Gasteiger partial charge in [0.15, 0.2) is 5.54 Å². The smallest absolute Gasteiger partial charge is 0.331 e. The number of rotatable bonds is 4. The monoisotopic (exact) mass is 285 g/mol. The van der Waals surface area contributed by atoms with Gasteiger partial charge in [0, 0.05) is 19.1 Å². The van der Waals surface area contributed by atoms with Crippen LogP contribution in [0.1, 0.15) is 12.0 Å². The second kappa shape index (κ2) is 5.54. The van der Waals surface area contributed by atoms with Gasteiger partial charge in [-0.2, -0.15) is 0 Å². The summed E-state index contributed by atoms with van der Waals surface area (Å²) in [6, 6.07) is 2.87. The van der Waals surface area contributed by atoms with Crippen LogP contribution in [0.3, 0.4) is 0 Å². The van der Waals surface area contributed by atoms with E-state index in [-0.39, 0.29) is 31.6 Å². The largest absolute Gasteiger partial charge is 0.479 e. The minimum atomic E-state index is -1.46. The van der Waals surface area contributed by atoms with Crippen LogP contribution in [0.5, 0.6) is 0 Å². The molecule has 7 heteroatoms. The van der Waals surface area contributed by atoms with Crippen LogP contribution in [-0.4, -0.2) is 35.7 Å². The van der Waals surface area contributed by atoms with E-state index in [9.17, 15) is 18.4 Å². The molecule has 0 aliphatic carbocycles. The van der Waals surface area contributed by atoms with Crippen molar-refractivity contribution in [3.63, 3.8) is 0 Å². The number of hydrogen-bond donors (Lipinski definition) is 2. The Morgan fingerprint density at radius 3 is 2.70 bits per heavy atom. The quantitative estimate of drug-likeness (QED) is 0.860. The first-order chi connectivity index (χ1) is 9.43. The van der Waals surface area contributed by atoms with E-state index in [1.807, 2.05) is 0 Å². The van der Waals surface area contributed by atoms with Gasteiger partial charge in [0.25, 0.3) is 0 Å². The summed E-state index contributed by atoms with van der Waals surface area (Å²) >= 11 is 0. The van der Waals surface area contributed by atoms with Crippen molar-refractivity contribution in [2.45, 2.75) is 18.4 Å². The van der Waals surface area contributed by atoms with Crippen molar-refractivity contribution in [3.8, 4) is 0 Å². The first-order valence-corrected chi connectivity index (χ1v) is 5.99. The zero-order valence-corrected chi connectivity index (χ0v) is 10.5. The van der Waals surface area contributed by atoms with E-state index in [2.05, 4.69) is 5.32 Å². The molecule has 0 saturated carbocycles. The maximum absolute atomic E-state index is 13.4. The van der Waals surface area contributed by atoms with Gasteiger partial charge in [0.1, 0.15) is 11.6 Å². The van der Waals surface area contributed by atoms with Gasteiger partial charge >= 0.3 is 5.97 Å².